The number of aryl methyl sites for hydroxylation is 4. The number of unbranched alkanes of at least 4 members (excludes halogenated alkanes) is 36. The van der Waals surface area contributed by atoms with Gasteiger partial charge >= 0.3 is 0 Å². The zero-order valence-electron chi connectivity index (χ0n) is 47.4. The molecule has 0 bridgehead atoms. The first-order chi connectivity index (χ1) is 35.5. The third-order valence-corrected chi connectivity index (χ3v) is 16.5. The number of rotatable bonds is 44. The van der Waals surface area contributed by atoms with Gasteiger partial charge in [0.25, 0.3) is 0 Å². The standard InChI is InChI=1S/C68H108N2O2/c1-5-9-13-17-21-25-29-33-37-41-45-57-47-49-63-59(53-57)67(71)61-55-66-62(56-65(61)69(63)51-43-39-35-31-27-23-19-15-11-7-3)68(72)60-54-58(46-42-38-34-30-26-22-18-14-10-6-2)48-50-64(60)70(66)52-44-40-36-32-28-24-20-16-12-8-4/h47-50,53-56H,5-46,51-52H2,1-4H3. The molecule has 0 aliphatic rings. The minimum atomic E-state index is 0.121. The second-order valence-corrected chi connectivity index (χ2v) is 22.8. The molecule has 0 amide bonds. The van der Waals surface area contributed by atoms with Crippen LogP contribution in [0.5, 0.6) is 0 Å². The predicted molar refractivity (Wildman–Crippen MR) is 320 cm³/mol. The van der Waals surface area contributed by atoms with Crippen molar-refractivity contribution in [2.24, 2.45) is 0 Å². The molecular formula is C68H108N2O2. The molecule has 0 saturated carbocycles. The van der Waals surface area contributed by atoms with Crippen LogP contribution in [0.15, 0.2) is 58.1 Å². The van der Waals surface area contributed by atoms with E-state index in [4.69, 9.17) is 0 Å². The van der Waals surface area contributed by atoms with E-state index >= 15 is 9.59 Å². The maximum absolute atomic E-state index is 15.0. The predicted octanol–water partition coefficient (Wildman–Crippen LogP) is 21.4. The van der Waals surface area contributed by atoms with E-state index in [0.717, 1.165) is 82.4 Å². The molecule has 5 aromatic rings. The Hall–Kier alpha value is -3.40. The normalized spacial score (nSPS) is 11.9. The van der Waals surface area contributed by atoms with Gasteiger partial charge < -0.3 is 9.13 Å². The molecule has 0 aliphatic carbocycles. The van der Waals surface area contributed by atoms with Crippen LogP contribution in [-0.4, -0.2) is 9.13 Å². The number of pyridine rings is 2. The number of aromatic nitrogens is 2. The fourth-order valence-electron chi connectivity index (χ4n) is 11.9. The molecule has 0 aliphatic heterocycles. The number of fused-ring (bicyclic) bond motifs is 4. The zero-order chi connectivity index (χ0) is 50.9. The van der Waals surface area contributed by atoms with Crippen LogP contribution in [-0.2, 0) is 25.9 Å². The Morgan fingerprint density at radius 1 is 0.264 bits per heavy atom. The van der Waals surface area contributed by atoms with Gasteiger partial charge in [0.1, 0.15) is 0 Å². The lowest BCUT2D eigenvalue weighted by atomic mass is 9.99. The van der Waals surface area contributed by atoms with Gasteiger partial charge in [0, 0.05) is 34.6 Å². The van der Waals surface area contributed by atoms with Crippen LogP contribution in [0, 0.1) is 0 Å². The van der Waals surface area contributed by atoms with Crippen molar-refractivity contribution in [1.82, 2.24) is 9.13 Å². The number of hydrogen-bond donors (Lipinski definition) is 0. The molecular weight excluding hydrogens is 877 g/mol. The zero-order valence-corrected chi connectivity index (χ0v) is 47.4. The van der Waals surface area contributed by atoms with Crippen LogP contribution in [0.4, 0.5) is 0 Å². The van der Waals surface area contributed by atoms with Gasteiger partial charge in [-0.05, 0) is 86.1 Å². The summed E-state index contributed by atoms with van der Waals surface area (Å²) in [4.78, 5) is 30.0. The molecule has 402 valence electrons. The molecule has 0 N–H and O–H groups in total. The summed E-state index contributed by atoms with van der Waals surface area (Å²) < 4.78 is 4.86. The Morgan fingerprint density at radius 3 is 0.778 bits per heavy atom. The lowest BCUT2D eigenvalue weighted by Gasteiger charge is -2.20. The van der Waals surface area contributed by atoms with Gasteiger partial charge in [-0.3, -0.25) is 9.59 Å². The Labute approximate surface area is 441 Å². The Morgan fingerprint density at radius 2 is 0.500 bits per heavy atom. The molecule has 2 aromatic heterocycles. The first kappa shape index (κ1) is 59.5. The van der Waals surface area contributed by atoms with Crippen molar-refractivity contribution in [1.29, 1.82) is 0 Å². The van der Waals surface area contributed by atoms with Crippen molar-refractivity contribution < 1.29 is 0 Å². The molecule has 72 heavy (non-hydrogen) atoms. The summed E-state index contributed by atoms with van der Waals surface area (Å²) in [6.07, 6.45) is 54.5. The van der Waals surface area contributed by atoms with E-state index in [-0.39, 0.29) is 10.9 Å². The first-order valence-electron chi connectivity index (χ1n) is 31.6. The van der Waals surface area contributed by atoms with Gasteiger partial charge in [-0.25, -0.2) is 0 Å². The third-order valence-electron chi connectivity index (χ3n) is 16.5. The van der Waals surface area contributed by atoms with Crippen molar-refractivity contribution in [2.45, 2.75) is 310 Å². The number of nitrogens with zero attached hydrogens (tertiary/aromatic N) is 2. The fraction of sp³-hybridized carbons (Fsp3) is 0.706. The summed E-state index contributed by atoms with van der Waals surface area (Å²) in [5.74, 6) is 0. The van der Waals surface area contributed by atoms with Crippen molar-refractivity contribution in [3.63, 3.8) is 0 Å². The maximum atomic E-state index is 15.0. The molecule has 2 heterocycles. The summed E-state index contributed by atoms with van der Waals surface area (Å²) in [6, 6.07) is 17.8. The minimum Gasteiger partial charge on any atom is -0.340 e. The molecule has 0 unspecified atom stereocenters. The van der Waals surface area contributed by atoms with Crippen molar-refractivity contribution in [3.8, 4) is 0 Å². The maximum Gasteiger partial charge on any atom is 0.197 e. The van der Waals surface area contributed by atoms with Crippen LogP contribution in [0.2, 0.25) is 0 Å². The smallest absolute Gasteiger partial charge is 0.197 e. The lowest BCUT2D eigenvalue weighted by molar-refractivity contribution is 0.540. The van der Waals surface area contributed by atoms with Gasteiger partial charge in [0.15, 0.2) is 10.9 Å². The van der Waals surface area contributed by atoms with E-state index in [1.54, 1.807) is 0 Å². The Kier molecular flexibility index (Phi) is 30.2. The molecule has 0 spiro atoms. The highest BCUT2D eigenvalue weighted by molar-refractivity contribution is 6.04. The summed E-state index contributed by atoms with van der Waals surface area (Å²) in [5, 5.41) is 3.23. The highest BCUT2D eigenvalue weighted by Gasteiger charge is 2.18. The lowest BCUT2D eigenvalue weighted by Crippen LogP contribution is -2.16. The molecule has 4 nitrogen and oxygen atoms in total. The van der Waals surface area contributed by atoms with E-state index in [2.05, 4.69) is 85.4 Å². The van der Waals surface area contributed by atoms with Gasteiger partial charge in [0.05, 0.1) is 22.1 Å². The molecule has 0 fully saturated rings. The van der Waals surface area contributed by atoms with E-state index in [1.807, 2.05) is 0 Å². The number of benzene rings is 3. The van der Waals surface area contributed by atoms with E-state index in [1.165, 1.54) is 255 Å². The van der Waals surface area contributed by atoms with E-state index in [9.17, 15) is 0 Å². The van der Waals surface area contributed by atoms with E-state index in [0.29, 0.717) is 0 Å². The summed E-state index contributed by atoms with van der Waals surface area (Å²) >= 11 is 0. The summed E-state index contributed by atoms with van der Waals surface area (Å²) in [5.41, 5.74) is 6.72. The fourth-order valence-corrected chi connectivity index (χ4v) is 11.9. The molecule has 4 heteroatoms. The highest BCUT2D eigenvalue weighted by atomic mass is 16.1. The minimum absolute atomic E-state index is 0.121. The Balaban J connectivity index is 1.42. The molecule has 0 radical (unpaired) electrons. The van der Waals surface area contributed by atoms with Crippen LogP contribution in [0.3, 0.4) is 0 Å². The average Bonchev–Trinajstić information content (AvgIpc) is 3.39. The van der Waals surface area contributed by atoms with Crippen molar-refractivity contribution in [2.75, 3.05) is 0 Å². The monoisotopic (exact) mass is 985 g/mol. The average molecular weight is 986 g/mol. The quantitative estimate of drug-likeness (QED) is 0.0288. The van der Waals surface area contributed by atoms with Crippen LogP contribution < -0.4 is 10.9 Å². The Bertz CT molecular complexity index is 2180. The van der Waals surface area contributed by atoms with Crippen LogP contribution >= 0.6 is 0 Å². The number of hydrogen-bond acceptors (Lipinski definition) is 2. The van der Waals surface area contributed by atoms with Crippen molar-refractivity contribution in [3.05, 3.63) is 80.1 Å². The molecule has 5 rings (SSSR count). The van der Waals surface area contributed by atoms with Crippen molar-refractivity contribution >= 4 is 43.6 Å². The second-order valence-electron chi connectivity index (χ2n) is 22.8. The summed E-state index contributed by atoms with van der Waals surface area (Å²) in [7, 11) is 0. The third kappa shape index (κ3) is 20.4. The molecule has 0 saturated heterocycles. The van der Waals surface area contributed by atoms with Gasteiger partial charge in [-0.2, -0.15) is 0 Å². The van der Waals surface area contributed by atoms with E-state index < -0.39 is 0 Å². The largest absolute Gasteiger partial charge is 0.340 e. The van der Waals surface area contributed by atoms with Gasteiger partial charge in [-0.15, -0.1) is 0 Å². The summed E-state index contributed by atoms with van der Waals surface area (Å²) in [6.45, 7) is 10.9. The second kappa shape index (κ2) is 36.5. The first-order valence-corrected chi connectivity index (χ1v) is 31.6. The topological polar surface area (TPSA) is 44.0 Å². The molecule has 3 aromatic carbocycles. The SMILES string of the molecule is CCCCCCCCCCCCc1ccc2c(c1)c(=O)c1cc3c(cc1n2CCCCCCCCCCCC)c(=O)c1cc(CCCCCCCCCCCC)ccc1n3CCCCCCCCCCCC. The highest BCUT2D eigenvalue weighted by Crippen LogP contribution is 2.30. The van der Waals surface area contributed by atoms with Gasteiger partial charge in [-0.1, -0.05) is 271 Å². The molecule has 0 atom stereocenters. The van der Waals surface area contributed by atoms with Gasteiger partial charge in [0.2, 0.25) is 0 Å². The van der Waals surface area contributed by atoms with Crippen LogP contribution in [0.1, 0.15) is 296 Å². The van der Waals surface area contributed by atoms with Crippen LogP contribution in [0.25, 0.3) is 43.6 Å².